The van der Waals surface area contributed by atoms with E-state index in [2.05, 4.69) is 20.6 Å². The average molecular weight is 341 g/mol. The van der Waals surface area contributed by atoms with Crippen molar-refractivity contribution in [2.24, 2.45) is 5.10 Å². The summed E-state index contributed by atoms with van der Waals surface area (Å²) in [6, 6.07) is 14.9. The van der Waals surface area contributed by atoms with Crippen molar-refractivity contribution in [1.82, 2.24) is 5.43 Å². The lowest BCUT2D eigenvalue weighted by atomic mass is 10.1. The van der Waals surface area contributed by atoms with Crippen molar-refractivity contribution in [1.29, 1.82) is 0 Å². The molecule has 2 aromatic rings. The number of carbonyl (C=O) groups is 1. The van der Waals surface area contributed by atoms with Crippen LogP contribution in [0.4, 0.5) is 5.69 Å². The Balaban J connectivity index is 1.94. The fraction of sp³-hybridized carbons (Fsp3) is 0.167. The van der Waals surface area contributed by atoms with E-state index in [9.17, 15) is 4.79 Å². The Labute approximate surface area is 146 Å². The summed E-state index contributed by atoms with van der Waals surface area (Å²) in [5.74, 6) is -0.374. The van der Waals surface area contributed by atoms with Crippen molar-refractivity contribution in [3.8, 4) is 0 Å². The van der Waals surface area contributed by atoms with Crippen LogP contribution in [0.25, 0.3) is 0 Å². The topological polar surface area (TPSA) is 62.7 Å². The van der Waals surface area contributed by atoms with E-state index >= 15 is 0 Å². The van der Waals surface area contributed by atoms with E-state index in [4.69, 9.17) is 12.2 Å². The molecule has 2 aromatic carbocycles. The van der Waals surface area contributed by atoms with Crippen LogP contribution in [0.2, 0.25) is 0 Å². The number of ether oxygens (including phenoxy) is 1. The fourth-order valence-electron chi connectivity index (χ4n) is 1.96. The van der Waals surface area contributed by atoms with Gasteiger partial charge in [-0.15, -0.1) is 0 Å². The van der Waals surface area contributed by atoms with Crippen molar-refractivity contribution >= 4 is 34.7 Å². The smallest absolute Gasteiger partial charge is 0.337 e. The summed E-state index contributed by atoms with van der Waals surface area (Å²) in [5.41, 5.74) is 7.10. The van der Waals surface area contributed by atoms with E-state index in [1.54, 1.807) is 24.3 Å². The molecule has 0 bridgehead atoms. The van der Waals surface area contributed by atoms with Gasteiger partial charge in [-0.1, -0.05) is 29.8 Å². The molecule has 0 aliphatic heterocycles. The van der Waals surface area contributed by atoms with Gasteiger partial charge in [0.05, 0.1) is 18.4 Å². The monoisotopic (exact) mass is 341 g/mol. The molecule has 2 rings (SSSR count). The number of thiocarbonyl (C=S) groups is 1. The molecule has 2 N–H and O–H groups in total. The lowest BCUT2D eigenvalue weighted by Gasteiger charge is -2.09. The van der Waals surface area contributed by atoms with Crippen LogP contribution >= 0.6 is 12.2 Å². The quantitative estimate of drug-likeness (QED) is 0.386. The summed E-state index contributed by atoms with van der Waals surface area (Å²) in [7, 11) is 1.35. The van der Waals surface area contributed by atoms with E-state index in [0.717, 1.165) is 17.0 Å². The number of carbonyl (C=O) groups excluding carboxylic acids is 1. The van der Waals surface area contributed by atoms with Gasteiger partial charge in [-0.25, -0.2) is 4.79 Å². The standard InChI is InChI=1S/C18H19N3O2S/c1-12-4-6-14(7-5-12)13(2)20-21-18(24)19-16-10-8-15(9-11-16)17(22)23-3/h4-11H,1-3H3,(H2,19,21,24). The molecule has 0 spiro atoms. The van der Waals surface area contributed by atoms with Gasteiger partial charge in [0.2, 0.25) is 0 Å². The lowest BCUT2D eigenvalue weighted by Crippen LogP contribution is -2.25. The van der Waals surface area contributed by atoms with Crippen molar-refractivity contribution < 1.29 is 9.53 Å². The molecule has 0 saturated carbocycles. The van der Waals surface area contributed by atoms with Gasteiger partial charge >= 0.3 is 5.97 Å². The molecule has 0 heterocycles. The van der Waals surface area contributed by atoms with Gasteiger partial charge in [0, 0.05) is 5.69 Å². The third-order valence-electron chi connectivity index (χ3n) is 3.36. The minimum Gasteiger partial charge on any atom is -0.465 e. The molecular weight excluding hydrogens is 322 g/mol. The van der Waals surface area contributed by atoms with Crippen LogP contribution in [0.15, 0.2) is 53.6 Å². The molecule has 0 saturated heterocycles. The van der Waals surface area contributed by atoms with E-state index < -0.39 is 0 Å². The summed E-state index contributed by atoms with van der Waals surface area (Å²) in [6.07, 6.45) is 0. The normalized spacial score (nSPS) is 10.9. The first-order chi connectivity index (χ1) is 11.5. The van der Waals surface area contributed by atoms with Gasteiger partial charge < -0.3 is 10.1 Å². The summed E-state index contributed by atoms with van der Waals surface area (Å²) in [4.78, 5) is 11.4. The van der Waals surface area contributed by atoms with E-state index in [1.165, 1.54) is 12.7 Å². The molecule has 0 aliphatic carbocycles. The fourth-order valence-corrected chi connectivity index (χ4v) is 2.12. The summed E-state index contributed by atoms with van der Waals surface area (Å²) in [5, 5.41) is 7.64. The number of hydrazone groups is 1. The van der Waals surface area contributed by atoms with Crippen LogP contribution in [-0.2, 0) is 4.74 Å². The van der Waals surface area contributed by atoms with Crippen LogP contribution < -0.4 is 10.7 Å². The van der Waals surface area contributed by atoms with Crippen molar-refractivity contribution in [2.75, 3.05) is 12.4 Å². The number of rotatable bonds is 4. The molecule has 0 fully saturated rings. The number of hydrogen-bond acceptors (Lipinski definition) is 4. The van der Waals surface area contributed by atoms with Gasteiger partial charge in [-0.2, -0.15) is 5.10 Å². The first-order valence-corrected chi connectivity index (χ1v) is 7.77. The predicted octanol–water partition coefficient (Wildman–Crippen LogP) is 3.49. The summed E-state index contributed by atoms with van der Waals surface area (Å²) in [6.45, 7) is 3.95. The Morgan fingerprint density at radius 2 is 1.62 bits per heavy atom. The van der Waals surface area contributed by atoms with Crippen LogP contribution in [0.3, 0.4) is 0 Å². The zero-order valence-corrected chi connectivity index (χ0v) is 14.6. The molecule has 0 unspecified atom stereocenters. The van der Waals surface area contributed by atoms with Crippen molar-refractivity contribution in [2.45, 2.75) is 13.8 Å². The number of aryl methyl sites for hydroxylation is 1. The number of methoxy groups -OCH3 is 1. The molecular formula is C18H19N3O2S. The van der Waals surface area contributed by atoms with E-state index in [-0.39, 0.29) is 5.97 Å². The molecule has 6 heteroatoms. The minimum absolute atomic E-state index is 0.368. The zero-order chi connectivity index (χ0) is 17.5. The number of esters is 1. The Kier molecular flexibility index (Phi) is 6.03. The summed E-state index contributed by atoms with van der Waals surface area (Å²) >= 11 is 5.21. The summed E-state index contributed by atoms with van der Waals surface area (Å²) < 4.78 is 4.66. The van der Waals surface area contributed by atoms with Gasteiger partial charge in [-0.05, 0) is 55.9 Å². The number of nitrogens with zero attached hydrogens (tertiary/aromatic N) is 1. The number of nitrogens with one attached hydrogen (secondary N) is 2. The Hall–Kier alpha value is -2.73. The first-order valence-electron chi connectivity index (χ1n) is 7.36. The second-order valence-corrected chi connectivity index (χ2v) is 5.61. The van der Waals surface area contributed by atoms with E-state index in [0.29, 0.717) is 10.7 Å². The highest BCUT2D eigenvalue weighted by Gasteiger charge is 2.05. The second kappa shape index (κ2) is 8.21. The number of anilines is 1. The van der Waals surface area contributed by atoms with Gasteiger partial charge in [0.25, 0.3) is 0 Å². The van der Waals surface area contributed by atoms with Crippen molar-refractivity contribution in [3.05, 3.63) is 65.2 Å². The maximum atomic E-state index is 11.4. The molecule has 0 atom stereocenters. The Morgan fingerprint density at radius 1 is 1.04 bits per heavy atom. The zero-order valence-electron chi connectivity index (χ0n) is 13.8. The SMILES string of the molecule is COC(=O)c1ccc(NC(=S)NN=C(C)c2ccc(C)cc2)cc1. The highest BCUT2D eigenvalue weighted by Crippen LogP contribution is 2.10. The molecule has 24 heavy (non-hydrogen) atoms. The Morgan fingerprint density at radius 3 is 2.21 bits per heavy atom. The molecule has 124 valence electrons. The minimum atomic E-state index is -0.374. The first kappa shape index (κ1) is 17.6. The Bertz CT molecular complexity index is 753. The van der Waals surface area contributed by atoms with Gasteiger partial charge in [0.15, 0.2) is 5.11 Å². The average Bonchev–Trinajstić information content (AvgIpc) is 2.60. The molecule has 5 nitrogen and oxygen atoms in total. The maximum absolute atomic E-state index is 11.4. The highest BCUT2D eigenvalue weighted by atomic mass is 32.1. The van der Waals surface area contributed by atoms with E-state index in [1.807, 2.05) is 38.1 Å². The largest absolute Gasteiger partial charge is 0.465 e. The van der Waals surface area contributed by atoms with Crippen LogP contribution in [0.5, 0.6) is 0 Å². The predicted molar refractivity (Wildman–Crippen MR) is 101 cm³/mol. The lowest BCUT2D eigenvalue weighted by molar-refractivity contribution is 0.0601. The van der Waals surface area contributed by atoms with Crippen LogP contribution in [0, 0.1) is 6.92 Å². The van der Waals surface area contributed by atoms with Gasteiger partial charge in [-0.3, -0.25) is 5.43 Å². The maximum Gasteiger partial charge on any atom is 0.337 e. The van der Waals surface area contributed by atoms with Crippen molar-refractivity contribution in [3.63, 3.8) is 0 Å². The molecule has 0 aliphatic rings. The molecule has 0 radical (unpaired) electrons. The third-order valence-corrected chi connectivity index (χ3v) is 3.55. The third kappa shape index (κ3) is 4.89. The van der Waals surface area contributed by atoms with Crippen LogP contribution in [0.1, 0.15) is 28.4 Å². The second-order valence-electron chi connectivity index (χ2n) is 5.20. The van der Waals surface area contributed by atoms with Gasteiger partial charge in [0.1, 0.15) is 0 Å². The number of hydrogen-bond donors (Lipinski definition) is 2. The highest BCUT2D eigenvalue weighted by molar-refractivity contribution is 7.80. The molecule has 0 amide bonds. The number of benzene rings is 2. The van der Waals surface area contributed by atoms with Crippen LogP contribution in [-0.4, -0.2) is 23.9 Å². The molecule has 0 aromatic heterocycles.